The number of benzene rings is 2. The molecule has 0 aliphatic rings. The summed E-state index contributed by atoms with van der Waals surface area (Å²) in [5.41, 5.74) is -0.0680. The van der Waals surface area contributed by atoms with Crippen molar-refractivity contribution >= 4 is 33.2 Å². The molecule has 98 valence electrons. The van der Waals surface area contributed by atoms with Crippen molar-refractivity contribution in [3.63, 3.8) is 0 Å². The molecular weight excluding hydrogens is 340 g/mol. The lowest BCUT2D eigenvalue weighted by Crippen LogP contribution is -1.90. The minimum atomic E-state index is -0.600. The highest BCUT2D eigenvalue weighted by Gasteiger charge is 2.11. The Balaban J connectivity index is 2.28. The van der Waals surface area contributed by atoms with E-state index in [0.717, 1.165) is 6.07 Å². The number of nitrogens with zero attached hydrogens (tertiary/aromatic N) is 1. The van der Waals surface area contributed by atoms with Gasteiger partial charge in [0.05, 0.1) is 14.4 Å². The standard InChI is InChI=1S/C12H6BrClFNO3/c13-9-5-7(16(17)18)1-4-12(9)19-8-2-3-10(14)11(15)6-8/h1-6H. The third-order valence-electron chi connectivity index (χ3n) is 2.25. The highest BCUT2D eigenvalue weighted by atomic mass is 79.9. The van der Waals surface area contributed by atoms with Gasteiger partial charge in [-0.05, 0) is 34.1 Å². The molecule has 0 aliphatic heterocycles. The molecule has 0 heterocycles. The summed E-state index contributed by atoms with van der Waals surface area (Å²) in [5.74, 6) is -0.0130. The second kappa shape index (κ2) is 5.54. The van der Waals surface area contributed by atoms with Crippen LogP contribution in [0.15, 0.2) is 40.9 Å². The number of hydrogen-bond donors (Lipinski definition) is 0. The highest BCUT2D eigenvalue weighted by Crippen LogP contribution is 2.33. The van der Waals surface area contributed by atoms with Gasteiger partial charge in [0.15, 0.2) is 0 Å². The van der Waals surface area contributed by atoms with E-state index in [4.69, 9.17) is 16.3 Å². The Morgan fingerprint density at radius 3 is 2.58 bits per heavy atom. The van der Waals surface area contributed by atoms with Gasteiger partial charge in [0.2, 0.25) is 0 Å². The molecule has 2 rings (SSSR count). The summed E-state index contributed by atoms with van der Waals surface area (Å²) in [6.07, 6.45) is 0. The molecule has 0 spiro atoms. The number of ether oxygens (including phenoxy) is 1. The van der Waals surface area contributed by atoms with Gasteiger partial charge >= 0.3 is 0 Å². The summed E-state index contributed by atoms with van der Waals surface area (Å²) in [4.78, 5) is 10.1. The van der Waals surface area contributed by atoms with Crippen molar-refractivity contribution in [3.05, 3.63) is 61.8 Å². The molecule has 0 bridgehead atoms. The molecule has 4 nitrogen and oxygen atoms in total. The van der Waals surface area contributed by atoms with Crippen molar-refractivity contribution in [2.45, 2.75) is 0 Å². The van der Waals surface area contributed by atoms with Crippen LogP contribution in [0.1, 0.15) is 0 Å². The topological polar surface area (TPSA) is 52.4 Å². The van der Waals surface area contributed by atoms with E-state index in [1.165, 1.54) is 30.3 Å². The highest BCUT2D eigenvalue weighted by molar-refractivity contribution is 9.10. The van der Waals surface area contributed by atoms with E-state index in [1.54, 1.807) is 0 Å². The maximum absolute atomic E-state index is 13.2. The summed E-state index contributed by atoms with van der Waals surface area (Å²) in [6.45, 7) is 0. The monoisotopic (exact) mass is 345 g/mol. The second-order valence-electron chi connectivity index (χ2n) is 3.55. The quantitative estimate of drug-likeness (QED) is 0.584. The summed E-state index contributed by atoms with van der Waals surface area (Å²) in [5, 5.41) is 10.6. The summed E-state index contributed by atoms with van der Waals surface area (Å²) < 4.78 is 19.1. The number of halogens is 3. The van der Waals surface area contributed by atoms with Crippen LogP contribution in [0.4, 0.5) is 10.1 Å². The lowest BCUT2D eigenvalue weighted by Gasteiger charge is -2.08. The van der Waals surface area contributed by atoms with Gasteiger partial charge < -0.3 is 4.74 Å². The number of nitro groups is 1. The Hall–Kier alpha value is -1.66. The SMILES string of the molecule is O=[N+]([O-])c1ccc(Oc2ccc(Cl)c(F)c2)c(Br)c1. The van der Waals surface area contributed by atoms with Gasteiger partial charge in [-0.3, -0.25) is 10.1 Å². The first-order valence-corrected chi connectivity index (χ1v) is 6.21. The Morgan fingerprint density at radius 2 is 2.00 bits per heavy atom. The van der Waals surface area contributed by atoms with Gasteiger partial charge in [-0.25, -0.2) is 4.39 Å². The Kier molecular flexibility index (Phi) is 4.01. The van der Waals surface area contributed by atoms with Crippen LogP contribution in [-0.2, 0) is 0 Å². The van der Waals surface area contributed by atoms with E-state index < -0.39 is 10.7 Å². The van der Waals surface area contributed by atoms with E-state index in [9.17, 15) is 14.5 Å². The van der Waals surface area contributed by atoms with Crippen LogP contribution in [-0.4, -0.2) is 4.92 Å². The lowest BCUT2D eigenvalue weighted by atomic mass is 10.3. The van der Waals surface area contributed by atoms with Crippen LogP contribution in [0, 0.1) is 15.9 Å². The molecule has 7 heteroatoms. The fourth-order valence-corrected chi connectivity index (χ4v) is 1.92. The maximum Gasteiger partial charge on any atom is 0.270 e. The minimum Gasteiger partial charge on any atom is -0.456 e. The lowest BCUT2D eigenvalue weighted by molar-refractivity contribution is -0.384. The largest absolute Gasteiger partial charge is 0.456 e. The fraction of sp³-hybridized carbons (Fsp3) is 0. The van der Waals surface area contributed by atoms with Crippen LogP contribution in [0.3, 0.4) is 0 Å². The first-order chi connectivity index (χ1) is 8.97. The Bertz CT molecular complexity index is 651. The van der Waals surface area contributed by atoms with Crippen LogP contribution >= 0.6 is 27.5 Å². The molecule has 0 saturated heterocycles. The van der Waals surface area contributed by atoms with E-state index in [-0.39, 0.29) is 16.5 Å². The molecule has 2 aromatic carbocycles. The van der Waals surface area contributed by atoms with Crippen molar-refractivity contribution in [2.75, 3.05) is 0 Å². The summed E-state index contributed by atoms with van der Waals surface area (Å²) in [6, 6.07) is 8.03. The average molecular weight is 347 g/mol. The molecule has 0 aliphatic carbocycles. The van der Waals surface area contributed by atoms with E-state index in [1.807, 2.05) is 0 Å². The van der Waals surface area contributed by atoms with Gasteiger partial charge in [0.25, 0.3) is 5.69 Å². The average Bonchev–Trinajstić information content (AvgIpc) is 2.36. The number of rotatable bonds is 3. The van der Waals surface area contributed by atoms with E-state index in [2.05, 4.69) is 15.9 Å². The van der Waals surface area contributed by atoms with Crippen LogP contribution in [0.5, 0.6) is 11.5 Å². The first-order valence-electron chi connectivity index (χ1n) is 5.04. The smallest absolute Gasteiger partial charge is 0.270 e. The maximum atomic E-state index is 13.2. The van der Waals surface area contributed by atoms with Crippen LogP contribution < -0.4 is 4.74 Å². The third-order valence-corrected chi connectivity index (χ3v) is 3.17. The zero-order valence-electron chi connectivity index (χ0n) is 9.27. The van der Waals surface area contributed by atoms with Crippen molar-refractivity contribution in [1.82, 2.24) is 0 Å². The Morgan fingerprint density at radius 1 is 1.26 bits per heavy atom. The number of nitro benzene ring substituents is 1. The number of non-ortho nitro benzene ring substituents is 1. The molecular formula is C12H6BrClFNO3. The van der Waals surface area contributed by atoms with Crippen LogP contribution in [0.2, 0.25) is 5.02 Å². The van der Waals surface area contributed by atoms with Gasteiger partial charge in [0, 0.05) is 18.2 Å². The number of hydrogen-bond acceptors (Lipinski definition) is 3. The molecule has 19 heavy (non-hydrogen) atoms. The normalized spacial score (nSPS) is 10.3. The molecule has 0 fully saturated rings. The molecule has 0 N–H and O–H groups in total. The minimum absolute atomic E-state index is 0.00452. The molecule has 2 aromatic rings. The molecule has 0 radical (unpaired) electrons. The molecule has 0 saturated carbocycles. The van der Waals surface area contributed by atoms with Gasteiger partial charge in [0.1, 0.15) is 17.3 Å². The van der Waals surface area contributed by atoms with E-state index >= 15 is 0 Å². The molecule has 0 aromatic heterocycles. The zero-order valence-corrected chi connectivity index (χ0v) is 11.6. The first kappa shape index (κ1) is 13.8. The predicted octanol–water partition coefficient (Wildman–Crippen LogP) is 4.94. The van der Waals surface area contributed by atoms with Crippen molar-refractivity contribution in [2.24, 2.45) is 0 Å². The van der Waals surface area contributed by atoms with Crippen LogP contribution in [0.25, 0.3) is 0 Å². The van der Waals surface area contributed by atoms with Crippen molar-refractivity contribution in [1.29, 1.82) is 0 Å². The Labute approximate surface area is 121 Å². The third kappa shape index (κ3) is 3.21. The van der Waals surface area contributed by atoms with Gasteiger partial charge in [-0.1, -0.05) is 11.6 Å². The summed E-state index contributed by atoms with van der Waals surface area (Å²) in [7, 11) is 0. The van der Waals surface area contributed by atoms with E-state index in [0.29, 0.717) is 10.2 Å². The molecule has 0 amide bonds. The molecule has 0 atom stereocenters. The van der Waals surface area contributed by atoms with Gasteiger partial charge in [-0.15, -0.1) is 0 Å². The predicted molar refractivity (Wildman–Crippen MR) is 72.3 cm³/mol. The zero-order chi connectivity index (χ0) is 14.0. The molecule has 0 unspecified atom stereocenters. The fourth-order valence-electron chi connectivity index (χ4n) is 1.35. The van der Waals surface area contributed by atoms with Crippen molar-refractivity contribution < 1.29 is 14.1 Å². The summed E-state index contributed by atoms with van der Waals surface area (Å²) >= 11 is 8.71. The second-order valence-corrected chi connectivity index (χ2v) is 4.81. The van der Waals surface area contributed by atoms with Gasteiger partial charge in [-0.2, -0.15) is 0 Å². The van der Waals surface area contributed by atoms with Crippen molar-refractivity contribution in [3.8, 4) is 11.5 Å².